The number of amides is 2. The molecule has 4 N–H and O–H groups in total. The fraction of sp³-hybridized carbons (Fsp3) is 0.391. The van der Waals surface area contributed by atoms with Crippen LogP contribution in [0, 0.1) is 6.92 Å². The number of halogens is 1. The summed E-state index contributed by atoms with van der Waals surface area (Å²) in [6.07, 6.45) is 0.892. The highest BCUT2D eigenvalue weighted by Crippen LogP contribution is 2.19. The van der Waals surface area contributed by atoms with Crippen LogP contribution in [0.3, 0.4) is 0 Å². The Hall–Kier alpha value is -2.41. The fourth-order valence-corrected chi connectivity index (χ4v) is 4.10. The number of piperazine rings is 1. The van der Waals surface area contributed by atoms with Crippen molar-refractivity contribution in [2.45, 2.75) is 20.3 Å². The molecule has 2 amide bonds. The van der Waals surface area contributed by atoms with Crippen LogP contribution < -0.4 is 20.4 Å². The summed E-state index contributed by atoms with van der Waals surface area (Å²) < 4.78 is 0. The number of benzene rings is 2. The van der Waals surface area contributed by atoms with Crippen molar-refractivity contribution in [1.29, 1.82) is 0 Å². The van der Waals surface area contributed by atoms with Gasteiger partial charge in [-0.1, -0.05) is 36.7 Å². The van der Waals surface area contributed by atoms with E-state index >= 15 is 0 Å². The SMILES string of the molecule is CCc1ccccc1NC(=O)C[NH+]1CC[NH+](CC(=O)Nc2ccc(Cl)cc2C)CC1. The van der Waals surface area contributed by atoms with Crippen LogP contribution in [0.25, 0.3) is 0 Å². The summed E-state index contributed by atoms with van der Waals surface area (Å²) >= 11 is 5.97. The number of nitrogens with one attached hydrogen (secondary N) is 4. The minimum absolute atomic E-state index is 0.00721. The van der Waals surface area contributed by atoms with Gasteiger partial charge >= 0.3 is 0 Å². The van der Waals surface area contributed by atoms with Crippen LogP contribution in [-0.4, -0.2) is 51.1 Å². The first-order valence-corrected chi connectivity index (χ1v) is 10.9. The van der Waals surface area contributed by atoms with Gasteiger partial charge in [0.25, 0.3) is 11.8 Å². The second-order valence-corrected chi connectivity index (χ2v) is 8.36. The number of rotatable bonds is 7. The van der Waals surface area contributed by atoms with Crippen molar-refractivity contribution in [1.82, 2.24) is 0 Å². The number of quaternary nitrogens is 2. The van der Waals surface area contributed by atoms with E-state index in [0.717, 1.165) is 55.1 Å². The number of hydrogen-bond donors (Lipinski definition) is 4. The number of carbonyl (C=O) groups excluding carboxylic acids is 2. The molecule has 1 heterocycles. The molecule has 7 heteroatoms. The Morgan fingerprint density at radius 1 is 0.900 bits per heavy atom. The molecule has 160 valence electrons. The summed E-state index contributed by atoms with van der Waals surface area (Å²) in [5.74, 6) is 0.0538. The average Bonchev–Trinajstić information content (AvgIpc) is 2.72. The van der Waals surface area contributed by atoms with E-state index in [2.05, 4.69) is 17.6 Å². The molecular formula is C23H31ClN4O2+2. The summed E-state index contributed by atoms with van der Waals surface area (Å²) in [7, 11) is 0. The highest BCUT2D eigenvalue weighted by molar-refractivity contribution is 6.30. The van der Waals surface area contributed by atoms with Crippen LogP contribution >= 0.6 is 11.6 Å². The van der Waals surface area contributed by atoms with Gasteiger partial charge in [0.1, 0.15) is 26.2 Å². The third-order valence-electron chi connectivity index (χ3n) is 5.62. The molecule has 1 aliphatic heterocycles. The predicted octanol–water partition coefficient (Wildman–Crippen LogP) is 0.571. The Balaban J connectivity index is 1.42. The summed E-state index contributed by atoms with van der Waals surface area (Å²) in [6, 6.07) is 13.4. The Morgan fingerprint density at radius 2 is 1.47 bits per heavy atom. The number of para-hydroxylation sites is 1. The number of anilines is 2. The number of carbonyl (C=O) groups is 2. The van der Waals surface area contributed by atoms with Crippen LogP contribution in [0.4, 0.5) is 11.4 Å². The zero-order chi connectivity index (χ0) is 21.5. The van der Waals surface area contributed by atoms with Gasteiger partial charge in [-0.3, -0.25) is 9.59 Å². The minimum atomic E-state index is 0.00721. The molecule has 30 heavy (non-hydrogen) atoms. The predicted molar refractivity (Wildman–Crippen MR) is 120 cm³/mol. The van der Waals surface area contributed by atoms with E-state index in [1.54, 1.807) is 6.07 Å². The molecule has 1 fully saturated rings. The second kappa shape index (κ2) is 10.6. The summed E-state index contributed by atoms with van der Waals surface area (Å²) in [6.45, 7) is 8.43. The zero-order valence-corrected chi connectivity index (χ0v) is 18.4. The zero-order valence-electron chi connectivity index (χ0n) is 17.7. The van der Waals surface area contributed by atoms with E-state index in [9.17, 15) is 9.59 Å². The third kappa shape index (κ3) is 6.29. The maximum atomic E-state index is 12.5. The lowest BCUT2D eigenvalue weighted by Crippen LogP contribution is -3.28. The largest absolute Gasteiger partial charge is 0.321 e. The summed E-state index contributed by atoms with van der Waals surface area (Å²) in [5.41, 5.74) is 3.81. The molecule has 1 saturated heterocycles. The van der Waals surface area contributed by atoms with Gasteiger partial charge in [0.2, 0.25) is 0 Å². The molecule has 0 bridgehead atoms. The molecule has 0 atom stereocenters. The van der Waals surface area contributed by atoms with Crippen LogP contribution in [0.1, 0.15) is 18.1 Å². The summed E-state index contributed by atoms with van der Waals surface area (Å²) in [4.78, 5) is 27.4. The van der Waals surface area contributed by atoms with E-state index in [0.29, 0.717) is 18.1 Å². The lowest BCUT2D eigenvalue weighted by Gasteiger charge is -2.29. The molecule has 3 rings (SSSR count). The van der Waals surface area contributed by atoms with E-state index in [4.69, 9.17) is 11.6 Å². The maximum absolute atomic E-state index is 12.5. The number of aryl methyl sites for hydroxylation is 2. The molecule has 0 radical (unpaired) electrons. The van der Waals surface area contributed by atoms with Gasteiger partial charge in [-0.2, -0.15) is 0 Å². The van der Waals surface area contributed by atoms with Gasteiger partial charge in [-0.05, 0) is 48.7 Å². The number of hydrogen-bond acceptors (Lipinski definition) is 2. The van der Waals surface area contributed by atoms with Crippen molar-refractivity contribution in [2.24, 2.45) is 0 Å². The molecule has 1 aliphatic rings. The minimum Gasteiger partial charge on any atom is -0.321 e. The average molecular weight is 431 g/mol. The van der Waals surface area contributed by atoms with Crippen molar-refractivity contribution in [3.63, 3.8) is 0 Å². The molecule has 2 aromatic carbocycles. The van der Waals surface area contributed by atoms with Crippen LogP contribution in [-0.2, 0) is 16.0 Å². The topological polar surface area (TPSA) is 67.1 Å². The van der Waals surface area contributed by atoms with Crippen molar-refractivity contribution < 1.29 is 19.4 Å². The van der Waals surface area contributed by atoms with E-state index < -0.39 is 0 Å². The molecule has 0 saturated carbocycles. The van der Waals surface area contributed by atoms with E-state index in [1.165, 1.54) is 9.80 Å². The smallest absolute Gasteiger partial charge is 0.279 e. The highest BCUT2D eigenvalue weighted by Gasteiger charge is 2.26. The lowest BCUT2D eigenvalue weighted by molar-refractivity contribution is -1.00. The van der Waals surface area contributed by atoms with Crippen LogP contribution in [0.5, 0.6) is 0 Å². The molecule has 0 unspecified atom stereocenters. The molecule has 0 spiro atoms. The first-order valence-electron chi connectivity index (χ1n) is 10.6. The van der Waals surface area contributed by atoms with E-state index in [1.807, 2.05) is 43.3 Å². The Morgan fingerprint density at radius 3 is 2.03 bits per heavy atom. The molecule has 0 aliphatic carbocycles. The van der Waals surface area contributed by atoms with E-state index in [-0.39, 0.29) is 11.8 Å². The van der Waals surface area contributed by atoms with Gasteiger partial charge in [0.05, 0.1) is 0 Å². The Bertz CT molecular complexity index is 895. The lowest BCUT2D eigenvalue weighted by atomic mass is 10.1. The van der Waals surface area contributed by atoms with Gasteiger partial charge in [0, 0.05) is 16.4 Å². The molecule has 2 aromatic rings. The normalized spacial score (nSPS) is 18.6. The van der Waals surface area contributed by atoms with Crippen molar-refractivity contribution in [3.8, 4) is 0 Å². The maximum Gasteiger partial charge on any atom is 0.279 e. The quantitative estimate of drug-likeness (QED) is 0.519. The van der Waals surface area contributed by atoms with Gasteiger partial charge in [0.15, 0.2) is 13.1 Å². The van der Waals surface area contributed by atoms with Gasteiger partial charge in [-0.15, -0.1) is 0 Å². The Labute approximate surface area is 183 Å². The molecule has 0 aromatic heterocycles. The van der Waals surface area contributed by atoms with Crippen molar-refractivity contribution in [3.05, 3.63) is 58.6 Å². The van der Waals surface area contributed by atoms with Crippen LogP contribution in [0.15, 0.2) is 42.5 Å². The van der Waals surface area contributed by atoms with Crippen molar-refractivity contribution >= 4 is 34.8 Å². The standard InChI is InChI=1S/C23H29ClN4O2/c1-3-18-6-4-5-7-21(18)26-23(30)16-28-12-10-27(11-13-28)15-22(29)25-20-9-8-19(24)14-17(20)2/h4-9,14H,3,10-13,15-16H2,1-2H3,(H,25,29)(H,26,30)/p+2. The first-order chi connectivity index (χ1) is 14.4. The van der Waals surface area contributed by atoms with Crippen LogP contribution in [0.2, 0.25) is 5.02 Å². The first kappa shape index (κ1) is 22.3. The third-order valence-corrected chi connectivity index (χ3v) is 5.86. The highest BCUT2D eigenvalue weighted by atomic mass is 35.5. The molecular weight excluding hydrogens is 400 g/mol. The monoisotopic (exact) mass is 430 g/mol. The summed E-state index contributed by atoms with van der Waals surface area (Å²) in [5, 5.41) is 6.69. The second-order valence-electron chi connectivity index (χ2n) is 7.92. The Kier molecular flexibility index (Phi) is 7.85. The van der Waals surface area contributed by atoms with Gasteiger partial charge < -0.3 is 20.4 Å². The van der Waals surface area contributed by atoms with Crippen molar-refractivity contribution in [2.75, 3.05) is 49.9 Å². The fourth-order valence-electron chi connectivity index (χ4n) is 3.87. The van der Waals surface area contributed by atoms with Gasteiger partial charge in [-0.25, -0.2) is 0 Å². The molecule has 6 nitrogen and oxygen atoms in total.